The van der Waals surface area contributed by atoms with Crippen molar-refractivity contribution in [2.45, 2.75) is 68.7 Å². The van der Waals surface area contributed by atoms with Crippen molar-refractivity contribution < 1.29 is 19.5 Å². The lowest BCUT2D eigenvalue weighted by molar-refractivity contribution is -0.143. The van der Waals surface area contributed by atoms with E-state index in [9.17, 15) is 19.5 Å². The third kappa shape index (κ3) is 6.94. The molecule has 7 nitrogen and oxygen atoms in total. The predicted octanol–water partition coefficient (Wildman–Crippen LogP) is 3.87. The first-order chi connectivity index (χ1) is 15.3. The first-order valence-corrected chi connectivity index (χ1v) is 12.3. The van der Waals surface area contributed by atoms with Gasteiger partial charge in [0.2, 0.25) is 11.8 Å². The number of aromatic nitrogens is 1. The highest BCUT2D eigenvalue weighted by Gasteiger charge is 2.44. The van der Waals surface area contributed by atoms with Gasteiger partial charge in [0.05, 0.1) is 15.8 Å². The van der Waals surface area contributed by atoms with Crippen molar-refractivity contribution in [2.75, 3.05) is 0 Å². The van der Waals surface area contributed by atoms with Crippen LogP contribution in [0.25, 0.3) is 10.6 Å². The number of nitrogens with zero attached hydrogens (tertiary/aromatic N) is 1. The van der Waals surface area contributed by atoms with Crippen molar-refractivity contribution in [3.63, 3.8) is 0 Å². The molecular formula is C23H30ClN3O4S2. The number of aliphatic carboxylic acids is 1. The number of thiol groups is 1. The van der Waals surface area contributed by atoms with Crippen LogP contribution in [0.3, 0.4) is 0 Å². The minimum atomic E-state index is -1.13. The van der Waals surface area contributed by atoms with Gasteiger partial charge < -0.3 is 15.7 Å². The monoisotopic (exact) mass is 511 g/mol. The first kappa shape index (κ1) is 27.1. The molecule has 3 N–H and O–H groups in total. The van der Waals surface area contributed by atoms with Crippen molar-refractivity contribution in [1.82, 2.24) is 15.6 Å². The Bertz CT molecular complexity index is 932. The second-order valence-electron chi connectivity index (χ2n) is 8.18. The van der Waals surface area contributed by atoms with Crippen LogP contribution in [0, 0.1) is 0 Å². The third-order valence-corrected chi connectivity index (χ3v) is 7.15. The number of nitrogens with one attached hydrogen (secondary N) is 2. The second-order valence-corrected chi connectivity index (χ2v) is 9.75. The number of thiophene rings is 1. The molecule has 3 rings (SSSR count). The molecule has 0 bridgehead atoms. The molecule has 2 aromatic rings. The summed E-state index contributed by atoms with van der Waals surface area (Å²) in [7, 11) is 0. The number of carbonyl (C=O) groups excluding carboxylic acids is 2. The summed E-state index contributed by atoms with van der Waals surface area (Å²) >= 11 is 5.92. The van der Waals surface area contributed by atoms with Crippen molar-refractivity contribution in [2.24, 2.45) is 0 Å². The Labute approximate surface area is 209 Å². The summed E-state index contributed by atoms with van der Waals surface area (Å²) in [4.78, 5) is 43.1. The lowest BCUT2D eigenvalue weighted by Gasteiger charge is -2.31. The van der Waals surface area contributed by atoms with E-state index in [4.69, 9.17) is 0 Å². The lowest BCUT2D eigenvalue weighted by Crippen LogP contribution is -2.61. The number of halogens is 1. The van der Waals surface area contributed by atoms with Gasteiger partial charge in [-0.3, -0.25) is 14.6 Å². The molecule has 1 saturated carbocycles. The zero-order valence-electron chi connectivity index (χ0n) is 18.5. The number of carbonyl (C=O) groups is 3. The first-order valence-electron chi connectivity index (χ1n) is 10.9. The quantitative estimate of drug-likeness (QED) is 0.362. The summed E-state index contributed by atoms with van der Waals surface area (Å²) in [5.74, 6) is -1.86. The smallest absolute Gasteiger partial charge is 0.326 e. The maximum absolute atomic E-state index is 13.2. The normalized spacial score (nSPS) is 16.3. The summed E-state index contributed by atoms with van der Waals surface area (Å²) in [6, 6.07) is 6.47. The molecule has 1 aliphatic carbocycles. The van der Waals surface area contributed by atoms with Gasteiger partial charge in [0, 0.05) is 12.6 Å². The van der Waals surface area contributed by atoms with Crippen LogP contribution in [-0.4, -0.2) is 44.7 Å². The third-order valence-electron chi connectivity index (χ3n) is 5.76. The zero-order chi connectivity index (χ0) is 23.1. The van der Waals surface area contributed by atoms with Crippen LogP contribution in [0.5, 0.6) is 0 Å². The molecule has 33 heavy (non-hydrogen) atoms. The van der Waals surface area contributed by atoms with E-state index in [0.29, 0.717) is 24.8 Å². The highest BCUT2D eigenvalue weighted by Crippen LogP contribution is 2.31. The fourth-order valence-corrected chi connectivity index (χ4v) is 4.98. The van der Waals surface area contributed by atoms with Crippen LogP contribution in [0.2, 0.25) is 0 Å². The fraction of sp³-hybridized carbons (Fsp3) is 0.478. The van der Waals surface area contributed by atoms with Gasteiger partial charge in [-0.2, -0.15) is 12.6 Å². The van der Waals surface area contributed by atoms with Crippen molar-refractivity contribution in [1.29, 1.82) is 0 Å². The van der Waals surface area contributed by atoms with Gasteiger partial charge in [0.25, 0.3) is 0 Å². The van der Waals surface area contributed by atoms with E-state index >= 15 is 0 Å². The molecule has 0 radical (unpaired) electrons. The van der Waals surface area contributed by atoms with E-state index in [-0.39, 0.29) is 24.7 Å². The molecule has 1 aliphatic rings. The Balaban J connectivity index is 0.00000385. The number of rotatable bonds is 10. The molecule has 2 aromatic heterocycles. The Kier molecular flexibility index (Phi) is 10.2. The average molecular weight is 512 g/mol. The van der Waals surface area contributed by atoms with E-state index < -0.39 is 28.7 Å². The fourth-order valence-electron chi connectivity index (χ4n) is 3.96. The summed E-state index contributed by atoms with van der Waals surface area (Å²) in [5.41, 5.74) is 0.447. The largest absolute Gasteiger partial charge is 0.480 e. The van der Waals surface area contributed by atoms with Gasteiger partial charge in [-0.25, -0.2) is 4.79 Å². The van der Waals surface area contributed by atoms with Gasteiger partial charge in [0.15, 0.2) is 0 Å². The maximum atomic E-state index is 13.2. The van der Waals surface area contributed by atoms with Crippen LogP contribution >= 0.6 is 36.4 Å². The van der Waals surface area contributed by atoms with E-state index in [1.807, 2.05) is 36.6 Å². The summed E-state index contributed by atoms with van der Waals surface area (Å²) < 4.78 is 0. The van der Waals surface area contributed by atoms with E-state index in [1.165, 1.54) is 0 Å². The van der Waals surface area contributed by atoms with E-state index in [0.717, 1.165) is 29.8 Å². The number of carboxylic acids is 1. The highest BCUT2D eigenvalue weighted by molar-refractivity contribution is 7.81. The van der Waals surface area contributed by atoms with Crippen LogP contribution in [-0.2, 0) is 20.8 Å². The summed E-state index contributed by atoms with van der Waals surface area (Å²) in [6.45, 7) is 1.97. The van der Waals surface area contributed by atoms with Crippen LogP contribution in [0.1, 0.15) is 51.0 Å². The van der Waals surface area contributed by atoms with Gasteiger partial charge >= 0.3 is 5.97 Å². The van der Waals surface area contributed by atoms with Crippen molar-refractivity contribution in [3.05, 3.63) is 41.4 Å². The minimum absolute atomic E-state index is 0. The molecule has 180 valence electrons. The number of amides is 2. The molecular weight excluding hydrogens is 482 g/mol. The van der Waals surface area contributed by atoms with Crippen LogP contribution in [0.4, 0.5) is 0 Å². The molecule has 0 spiro atoms. The minimum Gasteiger partial charge on any atom is -0.480 e. The Morgan fingerprint density at radius 2 is 1.97 bits per heavy atom. The lowest BCUT2D eigenvalue weighted by atomic mass is 9.94. The molecule has 2 amide bonds. The van der Waals surface area contributed by atoms with Gasteiger partial charge in [-0.1, -0.05) is 38.3 Å². The molecule has 10 heteroatoms. The van der Waals surface area contributed by atoms with Crippen LogP contribution in [0.15, 0.2) is 35.8 Å². The molecule has 0 aliphatic heterocycles. The summed E-state index contributed by atoms with van der Waals surface area (Å²) in [6.07, 6.45) is 5.73. The Hall–Kier alpha value is -2.10. The molecule has 1 fully saturated rings. The Morgan fingerprint density at radius 3 is 2.52 bits per heavy atom. The molecule has 2 heterocycles. The SMILES string of the molecule is CCCC(S)C(=O)NC1(C(=O)NC(Cc2ccc(-c3cccs3)nc2)C(=O)O)CCCC1.Cl. The summed E-state index contributed by atoms with van der Waals surface area (Å²) in [5, 5.41) is 16.7. The molecule has 0 saturated heterocycles. The van der Waals surface area contributed by atoms with Crippen LogP contribution < -0.4 is 10.6 Å². The van der Waals surface area contributed by atoms with Crippen molar-refractivity contribution in [3.8, 4) is 10.6 Å². The number of hydrogen-bond donors (Lipinski definition) is 4. The van der Waals surface area contributed by atoms with Gasteiger partial charge in [-0.05, 0) is 42.3 Å². The standard InChI is InChI=1S/C23H29N3O4S2.ClH/c1-2-6-18(31)20(27)26-23(10-3-4-11-23)22(30)25-17(21(28)29)13-15-8-9-16(24-14-15)19-7-5-12-32-19;/h5,7-9,12,14,17-18,31H,2-4,6,10-11,13H2,1H3,(H,25,30)(H,26,27)(H,28,29);1H. The average Bonchev–Trinajstić information content (AvgIpc) is 3.47. The molecule has 2 unspecified atom stereocenters. The van der Waals surface area contributed by atoms with Gasteiger partial charge in [0.1, 0.15) is 11.6 Å². The number of carboxylic acid groups (broad SMARTS) is 1. The van der Waals surface area contributed by atoms with E-state index in [1.54, 1.807) is 17.5 Å². The number of hydrogen-bond acceptors (Lipinski definition) is 6. The second kappa shape index (κ2) is 12.4. The maximum Gasteiger partial charge on any atom is 0.326 e. The topological polar surface area (TPSA) is 108 Å². The van der Waals surface area contributed by atoms with Crippen molar-refractivity contribution >= 4 is 54.2 Å². The van der Waals surface area contributed by atoms with Gasteiger partial charge in [-0.15, -0.1) is 23.7 Å². The highest BCUT2D eigenvalue weighted by atomic mass is 35.5. The predicted molar refractivity (Wildman–Crippen MR) is 135 cm³/mol. The molecule has 0 aromatic carbocycles. The zero-order valence-corrected chi connectivity index (χ0v) is 21.0. The Morgan fingerprint density at radius 1 is 1.24 bits per heavy atom. The van der Waals surface area contributed by atoms with E-state index in [2.05, 4.69) is 28.2 Å². The molecule has 2 atom stereocenters. The number of pyridine rings is 1.